The first-order valence-corrected chi connectivity index (χ1v) is 12.5. The van der Waals surface area contributed by atoms with Crippen LogP contribution in [0, 0.1) is 11.8 Å². The summed E-state index contributed by atoms with van der Waals surface area (Å²) in [6.07, 6.45) is 0. The zero-order valence-electron chi connectivity index (χ0n) is 16.1. The minimum Gasteiger partial charge on any atom is -0.0929 e. The standard InChI is InChI=1S/C25H28Si/c1-4-26(5-2,6-3)25(19-16-21-12-8-7-9-13-21)24-18-17-22-14-10-11-15-23(22)20-24/h7-15,17-18,20,25H,4-6H2,1-3H3. The van der Waals surface area contributed by atoms with Gasteiger partial charge in [0.15, 0.2) is 0 Å². The quantitative estimate of drug-likeness (QED) is 0.340. The molecule has 0 aliphatic rings. The molecule has 1 heteroatoms. The summed E-state index contributed by atoms with van der Waals surface area (Å²) in [4.78, 5) is 0. The van der Waals surface area contributed by atoms with Crippen LogP contribution in [0.15, 0.2) is 72.8 Å². The molecule has 0 N–H and O–H groups in total. The molecule has 3 rings (SSSR count). The smallest absolute Gasteiger partial charge is 0.0752 e. The predicted molar refractivity (Wildman–Crippen MR) is 117 cm³/mol. The maximum Gasteiger partial charge on any atom is 0.0752 e. The van der Waals surface area contributed by atoms with Crippen molar-refractivity contribution >= 4 is 18.8 Å². The van der Waals surface area contributed by atoms with E-state index in [1.54, 1.807) is 0 Å². The van der Waals surface area contributed by atoms with E-state index in [1.165, 1.54) is 34.5 Å². The number of rotatable bonds is 5. The Morgan fingerprint density at radius 2 is 1.35 bits per heavy atom. The largest absolute Gasteiger partial charge is 0.0929 e. The molecule has 0 saturated carbocycles. The van der Waals surface area contributed by atoms with Gasteiger partial charge in [-0.2, -0.15) is 0 Å². The summed E-state index contributed by atoms with van der Waals surface area (Å²) in [5.41, 5.74) is 2.90. The third-order valence-electron chi connectivity index (χ3n) is 5.97. The van der Waals surface area contributed by atoms with Crippen LogP contribution in [0.5, 0.6) is 0 Å². The van der Waals surface area contributed by atoms with Gasteiger partial charge in [-0.1, -0.05) is 111 Å². The Morgan fingerprint density at radius 3 is 2.00 bits per heavy atom. The summed E-state index contributed by atoms with van der Waals surface area (Å²) in [5, 5.41) is 2.63. The van der Waals surface area contributed by atoms with Crippen LogP contribution in [0.4, 0.5) is 0 Å². The van der Waals surface area contributed by atoms with E-state index < -0.39 is 8.07 Å². The molecule has 3 aromatic rings. The van der Waals surface area contributed by atoms with E-state index in [0.29, 0.717) is 5.54 Å². The molecule has 0 aliphatic heterocycles. The lowest BCUT2D eigenvalue weighted by Crippen LogP contribution is -2.39. The monoisotopic (exact) mass is 356 g/mol. The molecule has 1 atom stereocenters. The number of hydrogen-bond acceptors (Lipinski definition) is 0. The molecular weight excluding hydrogens is 328 g/mol. The Hall–Kier alpha value is -2.30. The number of hydrogen-bond donors (Lipinski definition) is 0. The second kappa shape index (κ2) is 8.38. The molecule has 0 nitrogen and oxygen atoms in total. The Labute approximate surface area is 159 Å². The number of benzene rings is 3. The summed E-state index contributed by atoms with van der Waals surface area (Å²) >= 11 is 0. The lowest BCUT2D eigenvalue weighted by Gasteiger charge is -2.34. The SMILES string of the molecule is CC[Si](CC)(CC)C(C#Cc1ccccc1)c1ccc2ccccc2c1. The van der Waals surface area contributed by atoms with Crippen LogP contribution in [0.3, 0.4) is 0 Å². The van der Waals surface area contributed by atoms with Gasteiger partial charge in [-0.15, -0.1) is 0 Å². The van der Waals surface area contributed by atoms with Gasteiger partial charge in [0.2, 0.25) is 0 Å². The third-order valence-corrected chi connectivity index (χ3v) is 11.9. The highest BCUT2D eigenvalue weighted by Crippen LogP contribution is 2.37. The first-order valence-electron chi connectivity index (χ1n) is 9.77. The van der Waals surface area contributed by atoms with Crippen LogP contribution in [0.1, 0.15) is 37.4 Å². The fourth-order valence-electron chi connectivity index (χ4n) is 4.02. The average molecular weight is 357 g/mol. The molecule has 1 unspecified atom stereocenters. The van der Waals surface area contributed by atoms with Gasteiger partial charge in [-0.25, -0.2) is 0 Å². The molecule has 0 heterocycles. The van der Waals surface area contributed by atoms with E-state index in [1.807, 2.05) is 0 Å². The molecule has 0 aliphatic carbocycles. The molecule has 26 heavy (non-hydrogen) atoms. The Bertz CT molecular complexity index is 903. The van der Waals surface area contributed by atoms with E-state index in [4.69, 9.17) is 0 Å². The van der Waals surface area contributed by atoms with E-state index in [0.717, 1.165) is 5.56 Å². The van der Waals surface area contributed by atoms with Gasteiger partial charge < -0.3 is 0 Å². The lowest BCUT2D eigenvalue weighted by molar-refractivity contribution is 1.04. The minimum absolute atomic E-state index is 0.382. The van der Waals surface area contributed by atoms with Crippen LogP contribution in [-0.4, -0.2) is 8.07 Å². The van der Waals surface area contributed by atoms with Gasteiger partial charge in [0.1, 0.15) is 0 Å². The fraction of sp³-hybridized carbons (Fsp3) is 0.280. The molecule has 3 aromatic carbocycles. The van der Waals surface area contributed by atoms with Gasteiger partial charge in [0, 0.05) is 11.1 Å². The highest BCUT2D eigenvalue weighted by Gasteiger charge is 2.36. The van der Waals surface area contributed by atoms with Gasteiger partial charge in [0.25, 0.3) is 0 Å². The third kappa shape index (κ3) is 3.76. The van der Waals surface area contributed by atoms with E-state index in [-0.39, 0.29) is 0 Å². The van der Waals surface area contributed by atoms with Crippen LogP contribution in [0.25, 0.3) is 10.8 Å². The predicted octanol–water partition coefficient (Wildman–Crippen LogP) is 7.02. The van der Waals surface area contributed by atoms with Crippen LogP contribution >= 0.6 is 0 Å². The van der Waals surface area contributed by atoms with Crippen molar-refractivity contribution in [3.63, 3.8) is 0 Å². The van der Waals surface area contributed by atoms with E-state index >= 15 is 0 Å². The molecule has 0 fully saturated rings. The maximum absolute atomic E-state index is 3.72. The van der Waals surface area contributed by atoms with Crippen molar-refractivity contribution in [1.82, 2.24) is 0 Å². The average Bonchev–Trinajstić information content (AvgIpc) is 2.72. The topological polar surface area (TPSA) is 0 Å². The molecular formula is C25H28Si. The van der Waals surface area contributed by atoms with E-state index in [9.17, 15) is 0 Å². The van der Waals surface area contributed by atoms with Crippen LogP contribution < -0.4 is 0 Å². The molecule has 0 amide bonds. The Kier molecular flexibility index (Phi) is 5.96. The van der Waals surface area contributed by atoms with Crippen molar-refractivity contribution in [2.75, 3.05) is 0 Å². The van der Waals surface area contributed by atoms with Gasteiger partial charge in [-0.05, 0) is 28.5 Å². The second-order valence-corrected chi connectivity index (χ2v) is 12.5. The zero-order chi connectivity index (χ0) is 18.4. The highest BCUT2D eigenvalue weighted by molar-refractivity contribution is 6.81. The molecule has 0 bridgehead atoms. The molecule has 0 saturated heterocycles. The van der Waals surface area contributed by atoms with Crippen LogP contribution in [0.2, 0.25) is 18.1 Å². The van der Waals surface area contributed by atoms with Gasteiger partial charge >= 0.3 is 0 Å². The second-order valence-electron chi connectivity index (χ2n) is 7.10. The fourth-order valence-corrected chi connectivity index (χ4v) is 8.01. The maximum atomic E-state index is 3.72. The van der Waals surface area contributed by atoms with Crippen molar-refractivity contribution in [1.29, 1.82) is 0 Å². The van der Waals surface area contributed by atoms with Crippen LogP contribution in [-0.2, 0) is 0 Å². The minimum atomic E-state index is -1.50. The summed E-state index contributed by atoms with van der Waals surface area (Å²) in [6.45, 7) is 7.12. The van der Waals surface area contributed by atoms with Crippen molar-refractivity contribution in [3.05, 3.63) is 83.9 Å². The Balaban J connectivity index is 2.11. The summed E-state index contributed by atoms with van der Waals surface area (Å²) < 4.78 is 0. The first kappa shape index (κ1) is 18.5. The van der Waals surface area contributed by atoms with Crippen molar-refractivity contribution in [3.8, 4) is 11.8 Å². The lowest BCUT2D eigenvalue weighted by atomic mass is 10.0. The molecule has 0 radical (unpaired) electrons. The summed E-state index contributed by atoms with van der Waals surface area (Å²) in [6, 6.07) is 29.8. The van der Waals surface area contributed by atoms with Gasteiger partial charge in [-0.3, -0.25) is 0 Å². The van der Waals surface area contributed by atoms with Crippen molar-refractivity contribution < 1.29 is 0 Å². The summed E-state index contributed by atoms with van der Waals surface area (Å²) in [5.74, 6) is 7.21. The summed E-state index contributed by atoms with van der Waals surface area (Å²) in [7, 11) is -1.50. The van der Waals surface area contributed by atoms with Crippen molar-refractivity contribution in [2.45, 2.75) is 44.4 Å². The first-order chi connectivity index (χ1) is 12.7. The molecule has 0 aromatic heterocycles. The zero-order valence-corrected chi connectivity index (χ0v) is 17.1. The normalized spacial score (nSPS) is 12.4. The van der Waals surface area contributed by atoms with Crippen molar-refractivity contribution in [2.24, 2.45) is 0 Å². The van der Waals surface area contributed by atoms with E-state index in [2.05, 4.69) is 105 Å². The molecule has 0 spiro atoms. The van der Waals surface area contributed by atoms with Gasteiger partial charge in [0.05, 0.1) is 8.07 Å². The highest BCUT2D eigenvalue weighted by atomic mass is 28.3. The number of fused-ring (bicyclic) bond motifs is 1. The Morgan fingerprint density at radius 1 is 0.731 bits per heavy atom. The molecule has 132 valence electrons.